The summed E-state index contributed by atoms with van der Waals surface area (Å²) in [5.41, 5.74) is 5.11. The number of nitrogens with zero attached hydrogens (tertiary/aromatic N) is 1. The molecule has 2 aliphatic heterocycles. The van der Waals surface area contributed by atoms with Crippen molar-refractivity contribution in [2.24, 2.45) is 5.92 Å². The van der Waals surface area contributed by atoms with Gasteiger partial charge in [-0.2, -0.15) is 13.2 Å². The molecule has 2 heterocycles. The Kier molecular flexibility index (Phi) is 6.01. The molecule has 2 atom stereocenters. The monoisotopic (exact) mass is 384 g/mol. The summed E-state index contributed by atoms with van der Waals surface area (Å²) in [5, 5.41) is 2.75. The molecule has 0 saturated carbocycles. The van der Waals surface area contributed by atoms with Crippen LogP contribution in [0, 0.1) is 5.92 Å². The van der Waals surface area contributed by atoms with E-state index in [-0.39, 0.29) is 30.3 Å². The molecule has 1 aromatic rings. The van der Waals surface area contributed by atoms with Gasteiger partial charge in [-0.05, 0) is 37.1 Å². The van der Waals surface area contributed by atoms with Gasteiger partial charge in [-0.1, -0.05) is 12.1 Å². The Morgan fingerprint density at radius 1 is 1.33 bits per heavy atom. The van der Waals surface area contributed by atoms with Gasteiger partial charge in [0.05, 0.1) is 11.5 Å². The normalized spacial score (nSPS) is 24.3. The minimum Gasteiger partial charge on any atom is -0.352 e. The molecule has 2 aliphatic rings. The van der Waals surface area contributed by atoms with Crippen LogP contribution in [0.3, 0.4) is 0 Å². The molecule has 1 aromatic carbocycles. The standard InChI is InChI=1S/C18H23F3N4O2/c19-18(20,21)14-5-1-3-12(7-14)9-22-17(27)13-4-2-6-25(11-13)15-8-16(26)24-23-10-15/h1,3,5,7,13,15,23H,2,4,6,8-11H2,(H,22,27)(H,24,26). The number of rotatable bonds is 4. The Labute approximate surface area is 155 Å². The summed E-state index contributed by atoms with van der Waals surface area (Å²) >= 11 is 0. The molecule has 148 valence electrons. The number of alkyl halides is 3. The second-order valence-corrected chi connectivity index (χ2v) is 7.04. The molecule has 0 aliphatic carbocycles. The van der Waals surface area contributed by atoms with E-state index in [9.17, 15) is 22.8 Å². The van der Waals surface area contributed by atoms with E-state index >= 15 is 0 Å². The maximum Gasteiger partial charge on any atom is 0.416 e. The summed E-state index contributed by atoms with van der Waals surface area (Å²) in [6.45, 7) is 2.07. The molecule has 2 unspecified atom stereocenters. The van der Waals surface area contributed by atoms with Crippen molar-refractivity contribution in [2.75, 3.05) is 19.6 Å². The van der Waals surface area contributed by atoms with Crippen LogP contribution in [-0.4, -0.2) is 42.4 Å². The molecule has 2 fully saturated rings. The van der Waals surface area contributed by atoms with Crippen LogP contribution in [0.25, 0.3) is 0 Å². The van der Waals surface area contributed by atoms with Gasteiger partial charge in [-0.25, -0.2) is 5.43 Å². The smallest absolute Gasteiger partial charge is 0.352 e. The molecular formula is C18H23F3N4O2. The Hall–Kier alpha value is -2.13. The number of hydrogen-bond donors (Lipinski definition) is 3. The number of carbonyl (C=O) groups excluding carboxylic acids is 2. The number of piperidine rings is 1. The van der Waals surface area contributed by atoms with Crippen LogP contribution in [0.15, 0.2) is 24.3 Å². The first-order valence-electron chi connectivity index (χ1n) is 9.02. The van der Waals surface area contributed by atoms with Gasteiger partial charge in [-0.15, -0.1) is 0 Å². The van der Waals surface area contributed by atoms with Gasteiger partial charge in [0.2, 0.25) is 11.8 Å². The van der Waals surface area contributed by atoms with E-state index in [0.29, 0.717) is 25.1 Å². The quantitative estimate of drug-likeness (QED) is 0.734. The highest BCUT2D eigenvalue weighted by Crippen LogP contribution is 2.29. The van der Waals surface area contributed by atoms with Crippen molar-refractivity contribution in [1.82, 2.24) is 21.1 Å². The summed E-state index contributed by atoms with van der Waals surface area (Å²) < 4.78 is 38.3. The number of halogens is 3. The van der Waals surface area contributed by atoms with Crippen molar-refractivity contribution in [3.63, 3.8) is 0 Å². The van der Waals surface area contributed by atoms with Gasteiger partial charge in [0.15, 0.2) is 0 Å². The van der Waals surface area contributed by atoms with Crippen molar-refractivity contribution in [3.8, 4) is 0 Å². The average Bonchev–Trinajstić information content (AvgIpc) is 2.66. The fraction of sp³-hybridized carbons (Fsp3) is 0.556. The van der Waals surface area contributed by atoms with Crippen molar-refractivity contribution in [3.05, 3.63) is 35.4 Å². The van der Waals surface area contributed by atoms with Crippen LogP contribution in [0.4, 0.5) is 13.2 Å². The number of carbonyl (C=O) groups is 2. The van der Waals surface area contributed by atoms with Gasteiger partial charge in [-0.3, -0.25) is 19.9 Å². The maximum absolute atomic E-state index is 12.8. The zero-order valence-corrected chi connectivity index (χ0v) is 14.8. The lowest BCUT2D eigenvalue weighted by molar-refractivity contribution is -0.137. The highest BCUT2D eigenvalue weighted by Gasteiger charge is 2.32. The predicted octanol–water partition coefficient (Wildman–Crippen LogP) is 1.43. The second kappa shape index (κ2) is 8.26. The maximum atomic E-state index is 12.8. The van der Waals surface area contributed by atoms with E-state index in [0.717, 1.165) is 31.5 Å². The highest BCUT2D eigenvalue weighted by atomic mass is 19.4. The molecule has 0 spiro atoms. The molecule has 6 nitrogen and oxygen atoms in total. The van der Waals surface area contributed by atoms with Crippen molar-refractivity contribution in [2.45, 2.75) is 38.0 Å². The Balaban J connectivity index is 1.54. The lowest BCUT2D eigenvalue weighted by Gasteiger charge is -2.39. The van der Waals surface area contributed by atoms with Gasteiger partial charge >= 0.3 is 6.18 Å². The Morgan fingerprint density at radius 2 is 2.15 bits per heavy atom. The number of likely N-dealkylation sites (tertiary alicyclic amines) is 1. The lowest BCUT2D eigenvalue weighted by atomic mass is 9.94. The molecule has 2 amide bonds. The molecule has 2 saturated heterocycles. The van der Waals surface area contributed by atoms with Gasteiger partial charge in [0.1, 0.15) is 0 Å². The topological polar surface area (TPSA) is 73.5 Å². The molecule has 0 aromatic heterocycles. The number of hydrogen-bond acceptors (Lipinski definition) is 4. The van der Waals surface area contributed by atoms with Crippen LogP contribution in [0.2, 0.25) is 0 Å². The Bertz CT molecular complexity index is 695. The number of benzene rings is 1. The molecule has 0 bridgehead atoms. The van der Waals surface area contributed by atoms with Crippen LogP contribution in [0.5, 0.6) is 0 Å². The van der Waals surface area contributed by atoms with E-state index in [1.165, 1.54) is 6.07 Å². The first-order chi connectivity index (χ1) is 12.8. The van der Waals surface area contributed by atoms with Gasteiger partial charge in [0.25, 0.3) is 0 Å². The highest BCUT2D eigenvalue weighted by molar-refractivity contribution is 5.79. The number of nitrogens with one attached hydrogen (secondary N) is 3. The van der Waals surface area contributed by atoms with Crippen molar-refractivity contribution < 1.29 is 22.8 Å². The first kappa shape index (κ1) is 19.6. The molecule has 27 heavy (non-hydrogen) atoms. The van der Waals surface area contributed by atoms with Crippen LogP contribution in [0.1, 0.15) is 30.4 Å². The van der Waals surface area contributed by atoms with Gasteiger partial charge < -0.3 is 5.32 Å². The third kappa shape index (κ3) is 5.20. The number of hydrazine groups is 1. The minimum absolute atomic E-state index is 0.0535. The fourth-order valence-electron chi connectivity index (χ4n) is 3.61. The largest absolute Gasteiger partial charge is 0.416 e. The van der Waals surface area contributed by atoms with Crippen LogP contribution < -0.4 is 16.2 Å². The van der Waals surface area contributed by atoms with E-state index in [4.69, 9.17) is 0 Å². The van der Waals surface area contributed by atoms with E-state index in [2.05, 4.69) is 21.1 Å². The summed E-state index contributed by atoms with van der Waals surface area (Å²) in [6.07, 6.45) is -2.42. The zero-order valence-electron chi connectivity index (χ0n) is 14.8. The summed E-state index contributed by atoms with van der Waals surface area (Å²) in [6, 6.07) is 5.03. The molecule has 3 N–H and O–H groups in total. The van der Waals surface area contributed by atoms with Crippen LogP contribution in [-0.2, 0) is 22.3 Å². The summed E-state index contributed by atoms with van der Waals surface area (Å²) in [5.74, 6) is -0.456. The predicted molar refractivity (Wildman–Crippen MR) is 92.1 cm³/mol. The van der Waals surface area contributed by atoms with Gasteiger partial charge in [0, 0.05) is 32.1 Å². The zero-order chi connectivity index (χ0) is 19.4. The first-order valence-corrected chi connectivity index (χ1v) is 9.02. The number of amides is 2. The summed E-state index contributed by atoms with van der Waals surface area (Å²) in [7, 11) is 0. The van der Waals surface area contributed by atoms with E-state index in [1.54, 1.807) is 6.07 Å². The SMILES string of the molecule is O=C1CC(N2CCCC(C(=O)NCc3cccc(C(F)(F)F)c3)C2)CNN1. The summed E-state index contributed by atoms with van der Waals surface area (Å²) in [4.78, 5) is 26.2. The van der Waals surface area contributed by atoms with E-state index in [1.807, 2.05) is 0 Å². The average molecular weight is 384 g/mol. The lowest BCUT2D eigenvalue weighted by Crippen LogP contribution is -2.57. The third-order valence-corrected chi connectivity index (χ3v) is 5.05. The second-order valence-electron chi connectivity index (χ2n) is 7.04. The third-order valence-electron chi connectivity index (χ3n) is 5.05. The molecule has 0 radical (unpaired) electrons. The molecule has 3 rings (SSSR count). The van der Waals surface area contributed by atoms with Crippen molar-refractivity contribution in [1.29, 1.82) is 0 Å². The van der Waals surface area contributed by atoms with E-state index < -0.39 is 11.7 Å². The molecule has 9 heteroatoms. The molecular weight excluding hydrogens is 361 g/mol. The van der Waals surface area contributed by atoms with Crippen molar-refractivity contribution >= 4 is 11.8 Å². The van der Waals surface area contributed by atoms with Crippen LogP contribution >= 0.6 is 0 Å². The Morgan fingerprint density at radius 3 is 2.89 bits per heavy atom. The fourth-order valence-corrected chi connectivity index (χ4v) is 3.61. The minimum atomic E-state index is -4.40.